The van der Waals surface area contributed by atoms with Crippen LogP contribution in [-0.4, -0.2) is 17.3 Å². The topological polar surface area (TPSA) is 71.2 Å². The lowest BCUT2D eigenvalue weighted by Gasteiger charge is -2.10. The minimum atomic E-state index is -4.81. The highest BCUT2D eigenvalue weighted by molar-refractivity contribution is 6.04. The maximum Gasteiger partial charge on any atom is 0.573 e. The molecule has 1 amide bonds. The first kappa shape index (κ1) is 14.6. The summed E-state index contributed by atoms with van der Waals surface area (Å²) in [6, 6.07) is 7.27. The normalized spacial score (nSPS) is 11.0. The molecule has 21 heavy (non-hydrogen) atoms. The summed E-state index contributed by atoms with van der Waals surface area (Å²) in [6.07, 6.45) is -3.52. The Kier molecular flexibility index (Phi) is 3.97. The SMILES string of the molecule is O=C(Nc1cccc(OC(F)(F)F)c1)c1cc[nH]c(=O)c1. The number of benzene rings is 1. The zero-order valence-corrected chi connectivity index (χ0v) is 10.4. The van der Waals surface area contributed by atoms with Gasteiger partial charge in [-0.1, -0.05) is 6.07 Å². The molecule has 110 valence electrons. The lowest BCUT2D eigenvalue weighted by molar-refractivity contribution is -0.274. The maximum atomic E-state index is 12.1. The van der Waals surface area contributed by atoms with Gasteiger partial charge >= 0.3 is 6.36 Å². The molecule has 1 heterocycles. The molecule has 0 aliphatic rings. The van der Waals surface area contributed by atoms with Gasteiger partial charge in [0.1, 0.15) is 5.75 Å². The number of aromatic nitrogens is 1. The molecule has 0 saturated heterocycles. The maximum absolute atomic E-state index is 12.1. The number of hydrogen-bond donors (Lipinski definition) is 2. The predicted octanol–water partition coefficient (Wildman–Crippen LogP) is 2.53. The van der Waals surface area contributed by atoms with Crippen LogP contribution in [0.1, 0.15) is 10.4 Å². The fourth-order valence-corrected chi connectivity index (χ4v) is 1.56. The second-order valence-corrected chi connectivity index (χ2v) is 3.97. The molecule has 0 aliphatic heterocycles. The number of alkyl halides is 3. The highest BCUT2D eigenvalue weighted by atomic mass is 19.4. The van der Waals surface area contributed by atoms with Gasteiger partial charge in [0, 0.05) is 29.6 Å². The summed E-state index contributed by atoms with van der Waals surface area (Å²) in [5.41, 5.74) is -0.264. The van der Waals surface area contributed by atoms with Crippen molar-refractivity contribution in [1.29, 1.82) is 0 Å². The van der Waals surface area contributed by atoms with Crippen LogP contribution in [0, 0.1) is 0 Å². The van der Waals surface area contributed by atoms with E-state index in [1.54, 1.807) is 0 Å². The number of pyridine rings is 1. The first-order valence-electron chi connectivity index (χ1n) is 5.69. The average molecular weight is 298 g/mol. The Balaban J connectivity index is 2.14. The van der Waals surface area contributed by atoms with Gasteiger partial charge in [-0.15, -0.1) is 13.2 Å². The molecular weight excluding hydrogens is 289 g/mol. The van der Waals surface area contributed by atoms with Crippen molar-refractivity contribution in [3.05, 3.63) is 58.5 Å². The number of carbonyl (C=O) groups excluding carboxylic acids is 1. The Morgan fingerprint density at radius 3 is 2.62 bits per heavy atom. The lowest BCUT2D eigenvalue weighted by Crippen LogP contribution is -2.18. The Morgan fingerprint density at radius 2 is 1.95 bits per heavy atom. The number of amides is 1. The second-order valence-electron chi connectivity index (χ2n) is 3.97. The van der Waals surface area contributed by atoms with Crippen molar-refractivity contribution in [2.24, 2.45) is 0 Å². The quantitative estimate of drug-likeness (QED) is 0.914. The molecule has 8 heteroatoms. The van der Waals surface area contributed by atoms with Crippen LogP contribution in [0.4, 0.5) is 18.9 Å². The smallest absolute Gasteiger partial charge is 0.406 e. The second kappa shape index (κ2) is 5.70. The summed E-state index contributed by atoms with van der Waals surface area (Å²) in [5, 5.41) is 2.37. The number of carbonyl (C=O) groups is 1. The minimum absolute atomic E-state index is 0.0842. The molecule has 1 aromatic carbocycles. The van der Waals surface area contributed by atoms with Gasteiger partial charge in [0.15, 0.2) is 0 Å². The average Bonchev–Trinajstić information content (AvgIpc) is 2.37. The number of ether oxygens (including phenoxy) is 1. The summed E-state index contributed by atoms with van der Waals surface area (Å²) >= 11 is 0. The molecule has 0 saturated carbocycles. The molecule has 0 atom stereocenters. The zero-order valence-electron chi connectivity index (χ0n) is 10.4. The molecule has 0 fully saturated rings. The van der Waals surface area contributed by atoms with Gasteiger partial charge in [-0.3, -0.25) is 9.59 Å². The van der Waals surface area contributed by atoms with E-state index in [1.165, 1.54) is 24.4 Å². The molecule has 0 aliphatic carbocycles. The van der Waals surface area contributed by atoms with E-state index in [4.69, 9.17) is 0 Å². The molecule has 0 unspecified atom stereocenters. The van der Waals surface area contributed by atoms with Crippen LogP contribution in [0.5, 0.6) is 5.75 Å². The van der Waals surface area contributed by atoms with Crippen molar-refractivity contribution in [1.82, 2.24) is 4.98 Å². The predicted molar refractivity (Wildman–Crippen MR) is 68.1 cm³/mol. The van der Waals surface area contributed by atoms with E-state index in [0.717, 1.165) is 18.2 Å². The van der Waals surface area contributed by atoms with Crippen LogP contribution in [-0.2, 0) is 0 Å². The molecule has 0 radical (unpaired) electrons. The number of aromatic amines is 1. The monoisotopic (exact) mass is 298 g/mol. The third-order valence-corrected chi connectivity index (χ3v) is 2.36. The Morgan fingerprint density at radius 1 is 1.19 bits per heavy atom. The van der Waals surface area contributed by atoms with E-state index in [9.17, 15) is 22.8 Å². The highest BCUT2D eigenvalue weighted by Gasteiger charge is 2.31. The van der Waals surface area contributed by atoms with E-state index >= 15 is 0 Å². The van der Waals surface area contributed by atoms with Crippen molar-refractivity contribution in [3.63, 3.8) is 0 Å². The fraction of sp³-hybridized carbons (Fsp3) is 0.0769. The Bertz CT molecular complexity index is 710. The van der Waals surface area contributed by atoms with Crippen LogP contribution < -0.4 is 15.6 Å². The van der Waals surface area contributed by atoms with Crippen LogP contribution in [0.3, 0.4) is 0 Å². The fourth-order valence-electron chi connectivity index (χ4n) is 1.56. The van der Waals surface area contributed by atoms with E-state index in [2.05, 4.69) is 15.0 Å². The number of H-pyrrole nitrogens is 1. The van der Waals surface area contributed by atoms with Gasteiger partial charge in [-0.25, -0.2) is 0 Å². The van der Waals surface area contributed by atoms with Crippen molar-refractivity contribution in [2.75, 3.05) is 5.32 Å². The van der Waals surface area contributed by atoms with Crippen LogP contribution in [0.25, 0.3) is 0 Å². The van der Waals surface area contributed by atoms with Crippen molar-refractivity contribution in [2.45, 2.75) is 6.36 Å². The summed E-state index contributed by atoms with van der Waals surface area (Å²) in [5.74, 6) is -1.07. The molecule has 1 aromatic heterocycles. The van der Waals surface area contributed by atoms with Gasteiger partial charge in [-0.05, 0) is 18.2 Å². The summed E-state index contributed by atoms with van der Waals surface area (Å²) < 4.78 is 40.0. The standard InChI is InChI=1S/C13H9F3N2O3/c14-13(15,16)21-10-3-1-2-9(7-10)18-12(20)8-4-5-17-11(19)6-8/h1-7H,(H,17,19)(H,18,20). The number of hydrogen-bond acceptors (Lipinski definition) is 3. The van der Waals surface area contributed by atoms with E-state index < -0.39 is 23.6 Å². The van der Waals surface area contributed by atoms with Gasteiger partial charge in [0.25, 0.3) is 5.91 Å². The van der Waals surface area contributed by atoms with Gasteiger partial charge in [0.2, 0.25) is 5.56 Å². The minimum Gasteiger partial charge on any atom is -0.406 e. The number of nitrogens with one attached hydrogen (secondary N) is 2. The number of anilines is 1. The van der Waals surface area contributed by atoms with E-state index in [0.29, 0.717) is 0 Å². The van der Waals surface area contributed by atoms with Crippen LogP contribution >= 0.6 is 0 Å². The van der Waals surface area contributed by atoms with Crippen molar-refractivity contribution >= 4 is 11.6 Å². The first-order valence-corrected chi connectivity index (χ1v) is 5.69. The third kappa shape index (κ3) is 4.37. The van der Waals surface area contributed by atoms with E-state index in [-0.39, 0.29) is 11.3 Å². The zero-order chi connectivity index (χ0) is 15.5. The number of halogens is 3. The lowest BCUT2D eigenvalue weighted by atomic mass is 10.2. The molecule has 2 N–H and O–H groups in total. The Hall–Kier alpha value is -2.77. The molecule has 2 rings (SSSR count). The molecule has 5 nitrogen and oxygen atoms in total. The van der Waals surface area contributed by atoms with Crippen LogP contribution in [0.2, 0.25) is 0 Å². The van der Waals surface area contributed by atoms with Gasteiger partial charge in [0.05, 0.1) is 0 Å². The molecule has 0 bridgehead atoms. The largest absolute Gasteiger partial charge is 0.573 e. The molecule has 0 spiro atoms. The third-order valence-electron chi connectivity index (χ3n) is 2.36. The molecular formula is C13H9F3N2O3. The first-order chi connectivity index (χ1) is 9.83. The Labute approximate surface area is 116 Å². The van der Waals surface area contributed by atoms with Crippen molar-refractivity contribution < 1.29 is 22.7 Å². The molecule has 2 aromatic rings. The highest BCUT2D eigenvalue weighted by Crippen LogP contribution is 2.25. The summed E-state index contributed by atoms with van der Waals surface area (Å²) in [4.78, 5) is 25.3. The van der Waals surface area contributed by atoms with Gasteiger partial charge in [-0.2, -0.15) is 0 Å². The van der Waals surface area contributed by atoms with Crippen LogP contribution in [0.15, 0.2) is 47.4 Å². The van der Waals surface area contributed by atoms with Gasteiger partial charge < -0.3 is 15.0 Å². The summed E-state index contributed by atoms with van der Waals surface area (Å²) in [6.45, 7) is 0. The number of rotatable bonds is 3. The van der Waals surface area contributed by atoms with Crippen molar-refractivity contribution in [3.8, 4) is 5.75 Å². The summed E-state index contributed by atoms with van der Waals surface area (Å²) in [7, 11) is 0. The van der Waals surface area contributed by atoms with E-state index in [1.807, 2.05) is 0 Å².